The lowest BCUT2D eigenvalue weighted by Gasteiger charge is -2.39. The Kier molecular flexibility index (Phi) is 4.69. The van der Waals surface area contributed by atoms with E-state index in [0.717, 1.165) is 33.3 Å². The van der Waals surface area contributed by atoms with E-state index in [2.05, 4.69) is 110 Å². The molecule has 6 aromatic carbocycles. The van der Waals surface area contributed by atoms with E-state index in [0.29, 0.717) is 27.1 Å². The van der Waals surface area contributed by atoms with E-state index >= 15 is 0 Å². The highest BCUT2D eigenvalue weighted by atomic mass is 16.1. The molecule has 0 saturated heterocycles. The number of aromatic nitrogens is 1. The van der Waals surface area contributed by atoms with Crippen molar-refractivity contribution in [2.24, 2.45) is 0 Å². The molecule has 0 bridgehead atoms. The van der Waals surface area contributed by atoms with Crippen molar-refractivity contribution in [3.63, 3.8) is 0 Å². The molecule has 0 atom stereocenters. The van der Waals surface area contributed by atoms with E-state index < -0.39 is 5.41 Å². The highest BCUT2D eigenvalue weighted by molar-refractivity contribution is 6.13. The van der Waals surface area contributed by atoms with Crippen LogP contribution in [0.25, 0.3) is 60.3 Å². The zero-order chi connectivity index (χ0) is 31.1. The van der Waals surface area contributed by atoms with Gasteiger partial charge in [-0.25, -0.2) is 0 Å². The molecule has 46 heavy (non-hydrogen) atoms. The van der Waals surface area contributed by atoms with E-state index in [1.807, 2.05) is 36.4 Å². The summed E-state index contributed by atoms with van der Waals surface area (Å²) in [5, 5.41) is 2.50. The summed E-state index contributed by atoms with van der Waals surface area (Å²) in [5.74, 6) is 0. The van der Waals surface area contributed by atoms with E-state index in [-0.39, 0.29) is 16.3 Å². The average molecular weight is 592 g/mol. The lowest BCUT2D eigenvalue weighted by molar-refractivity contribution is 0.590. The second-order valence-corrected chi connectivity index (χ2v) is 14.0. The van der Waals surface area contributed by atoms with Gasteiger partial charge in [0.2, 0.25) is 0 Å². The van der Waals surface area contributed by atoms with E-state index in [1.54, 1.807) is 0 Å². The topological polar surface area (TPSA) is 38.5 Å². The van der Waals surface area contributed by atoms with Gasteiger partial charge in [-0.05, 0) is 79.8 Å². The fraction of sp³-hybridized carbons (Fsp3) is 0.116. The van der Waals surface area contributed by atoms with Crippen molar-refractivity contribution < 1.29 is 0 Å². The van der Waals surface area contributed by atoms with Crippen LogP contribution in [0.2, 0.25) is 0 Å². The van der Waals surface area contributed by atoms with Gasteiger partial charge in [-0.1, -0.05) is 118 Å². The quantitative estimate of drug-likeness (QED) is 0.141. The second-order valence-electron chi connectivity index (χ2n) is 14.0. The van der Waals surface area contributed by atoms with Gasteiger partial charge in [0.25, 0.3) is 0 Å². The van der Waals surface area contributed by atoms with Crippen molar-refractivity contribution in [3.05, 3.63) is 170 Å². The monoisotopic (exact) mass is 591 g/mol. The number of hydrogen-bond acceptors (Lipinski definition) is 2. The Labute approximate surface area is 265 Å². The minimum absolute atomic E-state index is 0.0289. The van der Waals surface area contributed by atoms with Crippen LogP contribution in [0.3, 0.4) is 0 Å². The molecule has 0 N–H and O–H groups in total. The first-order chi connectivity index (χ1) is 22.3. The maximum absolute atomic E-state index is 14.7. The molecule has 0 fully saturated rings. The molecule has 3 heteroatoms. The van der Waals surface area contributed by atoms with Gasteiger partial charge in [-0.15, -0.1) is 0 Å². The van der Waals surface area contributed by atoms with Gasteiger partial charge in [0, 0.05) is 21.5 Å². The Balaban J connectivity index is 1.41. The van der Waals surface area contributed by atoms with Crippen LogP contribution in [-0.4, -0.2) is 4.40 Å². The lowest BCUT2D eigenvalue weighted by Crippen LogP contribution is -2.34. The van der Waals surface area contributed by atoms with Crippen molar-refractivity contribution in [3.8, 4) is 22.3 Å². The number of benzene rings is 6. The van der Waals surface area contributed by atoms with Gasteiger partial charge in [-0.3, -0.25) is 9.59 Å². The zero-order valence-corrected chi connectivity index (χ0v) is 25.8. The third-order valence-electron chi connectivity index (χ3n) is 10.7. The normalized spacial score (nSPS) is 14.3. The summed E-state index contributed by atoms with van der Waals surface area (Å²) < 4.78 is 2.24. The minimum Gasteiger partial charge on any atom is -0.307 e. The summed E-state index contributed by atoms with van der Waals surface area (Å²) >= 11 is 0. The van der Waals surface area contributed by atoms with Gasteiger partial charge in [0.1, 0.15) is 0 Å². The Morgan fingerprint density at radius 1 is 0.478 bits per heavy atom. The molecule has 1 aliphatic heterocycles. The molecule has 10 rings (SSSR count). The average Bonchev–Trinajstić information content (AvgIpc) is 3.37. The Hall–Kier alpha value is -5.54. The van der Waals surface area contributed by atoms with Crippen LogP contribution in [0.15, 0.2) is 131 Å². The highest BCUT2D eigenvalue weighted by Gasteiger charge is 2.50. The van der Waals surface area contributed by atoms with Crippen LogP contribution in [-0.2, 0) is 10.8 Å². The van der Waals surface area contributed by atoms with Crippen LogP contribution in [0.4, 0.5) is 0 Å². The van der Waals surface area contributed by atoms with Gasteiger partial charge in [0.15, 0.2) is 10.9 Å². The summed E-state index contributed by atoms with van der Waals surface area (Å²) in [5.41, 5.74) is 11.8. The Bertz CT molecular complexity index is 2600. The van der Waals surface area contributed by atoms with Crippen molar-refractivity contribution >= 4 is 38.1 Å². The molecule has 3 heterocycles. The van der Waals surface area contributed by atoms with Crippen LogP contribution < -0.4 is 10.9 Å². The summed E-state index contributed by atoms with van der Waals surface area (Å²) in [7, 11) is 0. The molecule has 8 aromatic rings. The van der Waals surface area contributed by atoms with E-state index in [4.69, 9.17) is 0 Å². The van der Waals surface area contributed by atoms with Crippen LogP contribution in [0.1, 0.15) is 48.6 Å². The number of rotatable bonds is 1. The van der Waals surface area contributed by atoms with Crippen molar-refractivity contribution in [1.82, 2.24) is 4.40 Å². The third-order valence-corrected chi connectivity index (χ3v) is 10.7. The van der Waals surface area contributed by atoms with Gasteiger partial charge < -0.3 is 4.40 Å². The lowest BCUT2D eigenvalue weighted by atomic mass is 9.65. The number of hydrogen-bond donors (Lipinski definition) is 0. The number of fused-ring (bicyclic) bond motifs is 7. The molecule has 3 nitrogen and oxygen atoms in total. The number of nitrogens with zero attached hydrogens (tertiary/aromatic N) is 1. The second kappa shape index (κ2) is 8.38. The molecule has 0 amide bonds. The largest absolute Gasteiger partial charge is 0.307 e. The molecule has 1 spiro atoms. The maximum Gasteiger partial charge on any atom is 0.197 e. The molecule has 0 unspecified atom stereocenters. The third kappa shape index (κ3) is 2.90. The highest BCUT2D eigenvalue weighted by Crippen LogP contribution is 2.59. The summed E-state index contributed by atoms with van der Waals surface area (Å²) in [6, 6.07) is 42.0. The minimum atomic E-state index is -0.662. The fourth-order valence-corrected chi connectivity index (χ4v) is 8.68. The maximum atomic E-state index is 14.7. The number of pyridine rings is 2. The molecule has 2 aliphatic rings. The Morgan fingerprint density at radius 3 is 1.46 bits per heavy atom. The van der Waals surface area contributed by atoms with Crippen LogP contribution >= 0.6 is 0 Å². The smallest absolute Gasteiger partial charge is 0.197 e. The predicted molar refractivity (Wildman–Crippen MR) is 189 cm³/mol. The van der Waals surface area contributed by atoms with Crippen LogP contribution in [0.5, 0.6) is 0 Å². The van der Waals surface area contributed by atoms with Crippen LogP contribution in [0, 0.1) is 0 Å². The fourth-order valence-electron chi connectivity index (χ4n) is 8.68. The SMILES string of the molecule is CC(C)(C)c1ccc(-c2cc3c(=O)c4cccc5c4n4c6c(cccc6c(=O)c(c2)c34)C52c3ccccc3-c3ccccc32)cc1. The molecule has 1 aliphatic carbocycles. The van der Waals surface area contributed by atoms with E-state index in [9.17, 15) is 9.59 Å². The molecular weight excluding hydrogens is 562 g/mol. The van der Waals surface area contributed by atoms with Gasteiger partial charge >= 0.3 is 0 Å². The summed E-state index contributed by atoms with van der Waals surface area (Å²) in [6.07, 6.45) is 0. The first-order valence-electron chi connectivity index (χ1n) is 15.9. The summed E-state index contributed by atoms with van der Waals surface area (Å²) in [4.78, 5) is 29.3. The first kappa shape index (κ1) is 25.8. The van der Waals surface area contributed by atoms with Crippen molar-refractivity contribution in [2.45, 2.75) is 31.6 Å². The Morgan fingerprint density at radius 2 is 0.957 bits per heavy atom. The number of para-hydroxylation sites is 2. The van der Waals surface area contributed by atoms with Crippen molar-refractivity contribution in [1.29, 1.82) is 0 Å². The van der Waals surface area contributed by atoms with E-state index in [1.165, 1.54) is 27.8 Å². The molecule has 2 aromatic heterocycles. The van der Waals surface area contributed by atoms with Crippen molar-refractivity contribution in [2.75, 3.05) is 0 Å². The molecular formula is C43H29NO2. The standard InChI is InChI=1S/C43H29NO2/c1-42(2,3)26-20-18-24(19-21-26)25-22-31-37-32(23-25)41(46)30-13-9-17-36-39(30)44(37)38-29(40(31)45)12-8-16-35(38)43(36)33-14-6-4-10-27(33)28-11-5-7-15-34(28)43/h4-23H,1-3H3. The summed E-state index contributed by atoms with van der Waals surface area (Å²) in [6.45, 7) is 6.60. The van der Waals surface area contributed by atoms with Gasteiger partial charge in [-0.2, -0.15) is 0 Å². The molecule has 0 saturated carbocycles. The zero-order valence-electron chi connectivity index (χ0n) is 25.8. The first-order valence-corrected chi connectivity index (χ1v) is 15.9. The molecule has 0 radical (unpaired) electrons. The van der Waals surface area contributed by atoms with Gasteiger partial charge in [0.05, 0.1) is 22.0 Å². The molecule has 218 valence electrons. The predicted octanol–water partition coefficient (Wildman–Crippen LogP) is 9.20.